The Morgan fingerprint density at radius 3 is 2.50 bits per heavy atom. The molecule has 2 N–H and O–H groups in total. The molecule has 1 heterocycles. The van der Waals surface area contributed by atoms with Gasteiger partial charge in [0.2, 0.25) is 0 Å². The Hall–Kier alpha value is -2.59. The van der Waals surface area contributed by atoms with E-state index in [1.54, 1.807) is 12.1 Å². The molecule has 0 fully saturated rings. The molecule has 4 heteroatoms. The second kappa shape index (κ2) is 10.1. The van der Waals surface area contributed by atoms with Crippen molar-refractivity contribution in [2.45, 2.75) is 46.0 Å². The van der Waals surface area contributed by atoms with Gasteiger partial charge in [0.25, 0.3) is 0 Å². The minimum Gasteiger partial charge on any atom is -0.508 e. The van der Waals surface area contributed by atoms with Crippen molar-refractivity contribution >= 4 is 0 Å². The van der Waals surface area contributed by atoms with Crippen molar-refractivity contribution in [1.82, 2.24) is 14.9 Å². The number of unbranched alkanes of at least 4 members (excludes halogenated alkanes) is 1. The Morgan fingerprint density at radius 1 is 0.964 bits per heavy atom. The summed E-state index contributed by atoms with van der Waals surface area (Å²) in [5.74, 6) is 1.18. The monoisotopic (exact) mass is 377 g/mol. The third kappa shape index (κ3) is 5.23. The zero-order valence-corrected chi connectivity index (χ0v) is 17.0. The first-order chi connectivity index (χ1) is 13.7. The SMILES string of the molecule is CCCCc1ccc(-c2nc(CCNCCC)cn2-c2cccc(O)c2)cc1. The molecule has 1 aromatic heterocycles. The van der Waals surface area contributed by atoms with Crippen molar-refractivity contribution in [3.05, 3.63) is 66.0 Å². The van der Waals surface area contributed by atoms with Gasteiger partial charge >= 0.3 is 0 Å². The lowest BCUT2D eigenvalue weighted by Gasteiger charge is -2.09. The fraction of sp³-hybridized carbons (Fsp3) is 0.375. The van der Waals surface area contributed by atoms with Gasteiger partial charge in [-0.3, -0.25) is 4.57 Å². The first kappa shape index (κ1) is 20.2. The largest absolute Gasteiger partial charge is 0.508 e. The second-order valence-corrected chi connectivity index (χ2v) is 7.25. The highest BCUT2D eigenvalue weighted by molar-refractivity contribution is 5.60. The first-order valence-electron chi connectivity index (χ1n) is 10.4. The lowest BCUT2D eigenvalue weighted by atomic mass is 10.1. The normalized spacial score (nSPS) is 11.1. The molecule has 3 aromatic rings. The molecule has 3 rings (SSSR count). The Bertz CT molecular complexity index is 868. The third-order valence-electron chi connectivity index (χ3n) is 4.88. The number of aromatic nitrogens is 2. The van der Waals surface area contributed by atoms with Crippen LogP contribution < -0.4 is 5.32 Å². The molecule has 0 radical (unpaired) electrons. The number of hydrogen-bond donors (Lipinski definition) is 2. The predicted octanol–water partition coefficient (Wildman–Crippen LogP) is 5.13. The molecule has 4 nitrogen and oxygen atoms in total. The molecule has 0 atom stereocenters. The number of hydrogen-bond acceptors (Lipinski definition) is 3. The molecule has 0 aliphatic heterocycles. The van der Waals surface area contributed by atoms with Gasteiger partial charge in [-0.2, -0.15) is 0 Å². The molecule has 0 unspecified atom stereocenters. The number of aryl methyl sites for hydroxylation is 1. The lowest BCUT2D eigenvalue weighted by molar-refractivity contribution is 0.475. The van der Waals surface area contributed by atoms with E-state index < -0.39 is 0 Å². The fourth-order valence-electron chi connectivity index (χ4n) is 3.31. The lowest BCUT2D eigenvalue weighted by Crippen LogP contribution is -2.17. The van der Waals surface area contributed by atoms with Gasteiger partial charge in [0.15, 0.2) is 0 Å². The number of aromatic hydroxyl groups is 1. The maximum Gasteiger partial charge on any atom is 0.144 e. The van der Waals surface area contributed by atoms with E-state index in [1.807, 2.05) is 12.1 Å². The molecule has 28 heavy (non-hydrogen) atoms. The highest BCUT2D eigenvalue weighted by Gasteiger charge is 2.12. The zero-order chi connectivity index (χ0) is 19.8. The molecule has 2 aromatic carbocycles. The van der Waals surface area contributed by atoms with Crippen LogP contribution in [-0.2, 0) is 12.8 Å². The third-order valence-corrected chi connectivity index (χ3v) is 4.88. The van der Waals surface area contributed by atoms with E-state index in [0.717, 1.165) is 55.1 Å². The van der Waals surface area contributed by atoms with E-state index in [-0.39, 0.29) is 5.75 Å². The maximum absolute atomic E-state index is 9.92. The van der Waals surface area contributed by atoms with Crippen molar-refractivity contribution in [2.24, 2.45) is 0 Å². The van der Waals surface area contributed by atoms with Gasteiger partial charge in [-0.05, 0) is 43.5 Å². The van der Waals surface area contributed by atoms with Crippen LogP contribution in [0, 0.1) is 0 Å². The summed E-state index contributed by atoms with van der Waals surface area (Å²) in [6.45, 7) is 6.34. The fourth-order valence-corrected chi connectivity index (χ4v) is 3.31. The van der Waals surface area contributed by atoms with Crippen molar-refractivity contribution in [3.63, 3.8) is 0 Å². The highest BCUT2D eigenvalue weighted by Crippen LogP contribution is 2.25. The highest BCUT2D eigenvalue weighted by atomic mass is 16.3. The zero-order valence-electron chi connectivity index (χ0n) is 17.0. The van der Waals surface area contributed by atoms with Gasteiger partial charge in [-0.25, -0.2) is 4.98 Å². The molecule has 0 bridgehead atoms. The summed E-state index contributed by atoms with van der Waals surface area (Å²) in [4.78, 5) is 4.92. The average Bonchev–Trinajstić information content (AvgIpc) is 3.14. The number of phenolic OH excluding ortho intramolecular Hbond substituents is 1. The first-order valence-corrected chi connectivity index (χ1v) is 10.4. The van der Waals surface area contributed by atoms with E-state index in [4.69, 9.17) is 4.98 Å². The summed E-state index contributed by atoms with van der Waals surface area (Å²) >= 11 is 0. The van der Waals surface area contributed by atoms with Crippen LogP contribution in [0.4, 0.5) is 0 Å². The van der Waals surface area contributed by atoms with Gasteiger partial charge in [0, 0.05) is 30.8 Å². The average molecular weight is 378 g/mol. The minimum atomic E-state index is 0.262. The van der Waals surface area contributed by atoms with Crippen LogP contribution in [0.3, 0.4) is 0 Å². The van der Waals surface area contributed by atoms with Crippen LogP contribution in [-0.4, -0.2) is 27.7 Å². The smallest absolute Gasteiger partial charge is 0.144 e. The van der Waals surface area contributed by atoms with Crippen molar-refractivity contribution in [1.29, 1.82) is 0 Å². The van der Waals surface area contributed by atoms with E-state index in [0.29, 0.717) is 0 Å². The number of phenols is 1. The van der Waals surface area contributed by atoms with Crippen LogP contribution in [0.15, 0.2) is 54.7 Å². The van der Waals surface area contributed by atoms with Gasteiger partial charge in [0.05, 0.1) is 11.4 Å². The van der Waals surface area contributed by atoms with E-state index in [1.165, 1.54) is 18.4 Å². The molecule has 0 spiro atoms. The van der Waals surface area contributed by atoms with Gasteiger partial charge in [-0.15, -0.1) is 0 Å². The summed E-state index contributed by atoms with van der Waals surface area (Å²) in [5.41, 5.74) is 4.43. The number of nitrogens with zero attached hydrogens (tertiary/aromatic N) is 2. The number of benzene rings is 2. The molecule has 0 aliphatic rings. The molecule has 148 valence electrons. The minimum absolute atomic E-state index is 0.262. The van der Waals surface area contributed by atoms with Gasteiger partial charge in [0.1, 0.15) is 11.6 Å². The van der Waals surface area contributed by atoms with Crippen LogP contribution in [0.25, 0.3) is 17.1 Å². The summed E-state index contributed by atoms with van der Waals surface area (Å²) < 4.78 is 2.08. The van der Waals surface area contributed by atoms with Gasteiger partial charge < -0.3 is 10.4 Å². The maximum atomic E-state index is 9.92. The quantitative estimate of drug-likeness (QED) is 0.482. The van der Waals surface area contributed by atoms with E-state index in [2.05, 4.69) is 54.2 Å². The summed E-state index contributed by atoms with van der Waals surface area (Å²) in [6, 6.07) is 16.1. The Morgan fingerprint density at radius 2 is 1.79 bits per heavy atom. The molecule has 0 aliphatic carbocycles. The van der Waals surface area contributed by atoms with Crippen LogP contribution in [0.5, 0.6) is 5.75 Å². The summed E-state index contributed by atoms with van der Waals surface area (Å²) in [6.07, 6.45) is 7.64. The van der Waals surface area contributed by atoms with E-state index >= 15 is 0 Å². The Kier molecular flexibility index (Phi) is 7.26. The van der Waals surface area contributed by atoms with Crippen molar-refractivity contribution in [2.75, 3.05) is 13.1 Å². The molecular formula is C24H31N3O. The second-order valence-electron chi connectivity index (χ2n) is 7.25. The number of rotatable bonds is 10. The Labute approximate surface area is 168 Å². The Balaban J connectivity index is 1.90. The number of nitrogens with one attached hydrogen (secondary N) is 1. The molecule has 0 amide bonds. The van der Waals surface area contributed by atoms with Crippen LogP contribution in [0.1, 0.15) is 44.4 Å². The van der Waals surface area contributed by atoms with E-state index in [9.17, 15) is 5.11 Å². The van der Waals surface area contributed by atoms with Crippen molar-refractivity contribution < 1.29 is 5.11 Å². The van der Waals surface area contributed by atoms with Crippen molar-refractivity contribution in [3.8, 4) is 22.8 Å². The summed E-state index contributed by atoms with van der Waals surface area (Å²) in [7, 11) is 0. The van der Waals surface area contributed by atoms with Crippen LogP contribution in [0.2, 0.25) is 0 Å². The van der Waals surface area contributed by atoms with Gasteiger partial charge in [-0.1, -0.05) is 50.6 Å². The molecular weight excluding hydrogens is 346 g/mol. The van der Waals surface area contributed by atoms with Crippen LogP contribution >= 0.6 is 0 Å². The topological polar surface area (TPSA) is 50.1 Å². The molecule has 0 saturated heterocycles. The standard InChI is InChI=1S/C24H31N3O/c1-3-5-7-19-10-12-20(13-11-19)24-26-21(14-16-25-15-4-2)18-27(24)22-8-6-9-23(28)17-22/h6,8-13,17-18,25,28H,3-5,7,14-16H2,1-2H3. The summed E-state index contributed by atoms with van der Waals surface area (Å²) in [5, 5.41) is 13.4. The number of imidazole rings is 1. The molecule has 0 saturated carbocycles. The predicted molar refractivity (Wildman–Crippen MR) is 116 cm³/mol.